The van der Waals surface area contributed by atoms with E-state index in [0.717, 1.165) is 0 Å². The zero-order valence-corrected chi connectivity index (χ0v) is 15.4. The van der Waals surface area contributed by atoms with Gasteiger partial charge in [-0.25, -0.2) is 9.38 Å². The number of carbonyl (C=O) groups excluding carboxylic acids is 2. The highest BCUT2D eigenvalue weighted by atomic mass is 35.5. The van der Waals surface area contributed by atoms with Gasteiger partial charge in [-0.15, -0.1) is 0 Å². The highest BCUT2D eigenvalue weighted by Crippen LogP contribution is 2.31. The van der Waals surface area contributed by atoms with Crippen LogP contribution in [0.3, 0.4) is 0 Å². The van der Waals surface area contributed by atoms with Gasteiger partial charge in [0, 0.05) is 24.2 Å². The molecular formula is C18H15ClFN3O2S. The van der Waals surface area contributed by atoms with Gasteiger partial charge in [0.1, 0.15) is 11.1 Å². The van der Waals surface area contributed by atoms with Crippen molar-refractivity contribution in [1.82, 2.24) is 4.90 Å². The molecule has 1 atom stereocenters. The van der Waals surface area contributed by atoms with Crippen LogP contribution in [0.5, 0.6) is 0 Å². The lowest BCUT2D eigenvalue weighted by Gasteiger charge is -2.09. The van der Waals surface area contributed by atoms with Crippen LogP contribution in [0.15, 0.2) is 53.5 Å². The lowest BCUT2D eigenvalue weighted by atomic mass is 10.2. The summed E-state index contributed by atoms with van der Waals surface area (Å²) in [5.41, 5.74) is 1.16. The summed E-state index contributed by atoms with van der Waals surface area (Å²) >= 11 is 7.09. The zero-order chi connectivity index (χ0) is 18.7. The second-order valence-electron chi connectivity index (χ2n) is 5.63. The second-order valence-corrected chi connectivity index (χ2v) is 7.24. The third kappa shape index (κ3) is 4.42. The van der Waals surface area contributed by atoms with E-state index in [9.17, 15) is 14.0 Å². The van der Waals surface area contributed by atoms with Crippen molar-refractivity contribution >= 4 is 51.7 Å². The minimum Gasteiger partial charge on any atom is -0.326 e. The van der Waals surface area contributed by atoms with Crippen molar-refractivity contribution in [1.29, 1.82) is 0 Å². The predicted molar refractivity (Wildman–Crippen MR) is 102 cm³/mol. The summed E-state index contributed by atoms with van der Waals surface area (Å²) in [5.74, 6) is -0.880. The van der Waals surface area contributed by atoms with Crippen molar-refractivity contribution in [3.8, 4) is 0 Å². The number of hydrogen-bond donors (Lipinski definition) is 1. The van der Waals surface area contributed by atoms with Gasteiger partial charge in [-0.1, -0.05) is 23.4 Å². The van der Waals surface area contributed by atoms with Gasteiger partial charge in [0.15, 0.2) is 5.17 Å². The Kier molecular flexibility index (Phi) is 5.58. The Morgan fingerprint density at radius 3 is 2.54 bits per heavy atom. The maximum absolute atomic E-state index is 12.9. The number of halogens is 2. The number of benzene rings is 2. The summed E-state index contributed by atoms with van der Waals surface area (Å²) in [6.45, 7) is 0. The van der Waals surface area contributed by atoms with Crippen molar-refractivity contribution < 1.29 is 14.0 Å². The smallest absolute Gasteiger partial charge is 0.242 e. The molecule has 2 amide bonds. The molecule has 26 heavy (non-hydrogen) atoms. The van der Waals surface area contributed by atoms with Crippen LogP contribution < -0.4 is 5.32 Å². The molecular weight excluding hydrogens is 377 g/mol. The molecule has 0 radical (unpaired) electrons. The van der Waals surface area contributed by atoms with E-state index in [0.29, 0.717) is 21.6 Å². The van der Waals surface area contributed by atoms with Crippen LogP contribution in [0.1, 0.15) is 6.42 Å². The van der Waals surface area contributed by atoms with Gasteiger partial charge in [0.25, 0.3) is 0 Å². The SMILES string of the molecule is CN1C(=O)[C@@H](CC(=O)Nc2ccc(F)cc2)SC1=Nc1ccc(Cl)cc1. The van der Waals surface area contributed by atoms with Crippen molar-refractivity contribution in [3.05, 3.63) is 59.4 Å². The van der Waals surface area contributed by atoms with Crippen LogP contribution in [0, 0.1) is 5.82 Å². The maximum atomic E-state index is 12.9. The number of aliphatic imine (C=N–C) groups is 1. The fourth-order valence-corrected chi connectivity index (χ4v) is 3.62. The first-order chi connectivity index (χ1) is 12.4. The standard InChI is InChI=1S/C18H15ClFN3O2S/c1-23-17(25)15(10-16(24)21-13-8-4-12(20)5-9-13)26-18(23)22-14-6-2-11(19)3-7-14/h2-9,15H,10H2,1H3,(H,21,24)/t15-/m1/s1. The first-order valence-electron chi connectivity index (χ1n) is 7.76. The minimum atomic E-state index is -0.550. The molecule has 0 saturated carbocycles. The van der Waals surface area contributed by atoms with E-state index in [4.69, 9.17) is 11.6 Å². The molecule has 0 spiro atoms. The Hall–Kier alpha value is -2.38. The first kappa shape index (κ1) is 18.4. The first-order valence-corrected chi connectivity index (χ1v) is 9.02. The van der Waals surface area contributed by atoms with Crippen molar-refractivity contribution in [2.45, 2.75) is 11.7 Å². The number of hydrogen-bond acceptors (Lipinski definition) is 4. The maximum Gasteiger partial charge on any atom is 0.242 e. The number of amides is 2. The molecule has 2 aromatic carbocycles. The number of carbonyl (C=O) groups is 2. The zero-order valence-electron chi connectivity index (χ0n) is 13.8. The van der Waals surface area contributed by atoms with Gasteiger partial charge in [-0.05, 0) is 48.5 Å². The number of thioether (sulfide) groups is 1. The number of nitrogens with one attached hydrogen (secondary N) is 1. The number of amidine groups is 1. The monoisotopic (exact) mass is 391 g/mol. The average Bonchev–Trinajstić information content (AvgIpc) is 2.87. The molecule has 2 aromatic rings. The third-order valence-corrected chi connectivity index (χ3v) is 5.17. The Morgan fingerprint density at radius 1 is 1.23 bits per heavy atom. The fourth-order valence-electron chi connectivity index (χ4n) is 2.34. The van der Waals surface area contributed by atoms with Crippen molar-refractivity contribution in [2.75, 3.05) is 12.4 Å². The second kappa shape index (κ2) is 7.88. The largest absolute Gasteiger partial charge is 0.326 e. The Bertz CT molecular complexity index is 856. The molecule has 1 saturated heterocycles. The Labute approximate surface area is 159 Å². The topological polar surface area (TPSA) is 61.8 Å². The molecule has 1 aliphatic heterocycles. The van der Waals surface area contributed by atoms with Crippen LogP contribution >= 0.6 is 23.4 Å². The molecule has 1 aliphatic rings. The molecule has 3 rings (SSSR count). The summed E-state index contributed by atoms with van der Waals surface area (Å²) in [5, 5.41) is 3.24. The molecule has 0 unspecified atom stereocenters. The number of nitrogens with zero attached hydrogens (tertiary/aromatic N) is 2. The van der Waals surface area contributed by atoms with Crippen LogP contribution in [-0.2, 0) is 9.59 Å². The summed E-state index contributed by atoms with van der Waals surface area (Å²) in [4.78, 5) is 30.4. The summed E-state index contributed by atoms with van der Waals surface area (Å²) in [7, 11) is 1.63. The highest BCUT2D eigenvalue weighted by molar-refractivity contribution is 8.15. The molecule has 134 valence electrons. The van der Waals surface area contributed by atoms with E-state index in [1.54, 1.807) is 31.3 Å². The van der Waals surface area contributed by atoms with E-state index in [2.05, 4.69) is 10.3 Å². The summed E-state index contributed by atoms with van der Waals surface area (Å²) in [6.07, 6.45) is 0.00482. The fraction of sp³-hybridized carbons (Fsp3) is 0.167. The van der Waals surface area contributed by atoms with E-state index < -0.39 is 5.25 Å². The summed E-state index contributed by atoms with van der Waals surface area (Å²) in [6, 6.07) is 12.4. The molecule has 5 nitrogen and oxygen atoms in total. The lowest BCUT2D eigenvalue weighted by Crippen LogP contribution is -2.30. The number of anilines is 1. The van der Waals surface area contributed by atoms with Crippen LogP contribution in [0.4, 0.5) is 15.8 Å². The van der Waals surface area contributed by atoms with Gasteiger partial charge < -0.3 is 5.32 Å². The molecule has 1 fully saturated rings. The van der Waals surface area contributed by atoms with Crippen LogP contribution in [-0.4, -0.2) is 34.2 Å². The molecule has 0 aromatic heterocycles. The lowest BCUT2D eigenvalue weighted by molar-refractivity contribution is -0.127. The molecule has 0 aliphatic carbocycles. The third-order valence-electron chi connectivity index (χ3n) is 3.69. The van der Waals surface area contributed by atoms with Crippen molar-refractivity contribution in [3.63, 3.8) is 0 Å². The highest BCUT2D eigenvalue weighted by Gasteiger charge is 2.36. The van der Waals surface area contributed by atoms with E-state index in [-0.39, 0.29) is 24.1 Å². The van der Waals surface area contributed by atoms with Gasteiger partial charge in [-0.2, -0.15) is 0 Å². The summed E-state index contributed by atoms with van der Waals surface area (Å²) < 4.78 is 12.9. The minimum absolute atomic E-state index is 0.00482. The normalized spacial score (nSPS) is 18.4. The number of rotatable bonds is 4. The van der Waals surface area contributed by atoms with Gasteiger partial charge >= 0.3 is 0 Å². The molecule has 0 bridgehead atoms. The van der Waals surface area contributed by atoms with Gasteiger partial charge in [0.05, 0.1) is 5.69 Å². The quantitative estimate of drug-likeness (QED) is 0.854. The van der Waals surface area contributed by atoms with Gasteiger partial charge in [0.2, 0.25) is 11.8 Å². The van der Waals surface area contributed by atoms with E-state index in [1.807, 2.05) is 0 Å². The Balaban J connectivity index is 1.65. The van der Waals surface area contributed by atoms with E-state index in [1.165, 1.54) is 40.9 Å². The Morgan fingerprint density at radius 2 is 1.88 bits per heavy atom. The van der Waals surface area contributed by atoms with E-state index >= 15 is 0 Å². The van der Waals surface area contributed by atoms with Crippen LogP contribution in [0.2, 0.25) is 5.02 Å². The predicted octanol–water partition coefficient (Wildman–Crippen LogP) is 4.07. The average molecular weight is 392 g/mol. The molecule has 1 N–H and O–H groups in total. The van der Waals surface area contributed by atoms with Gasteiger partial charge in [-0.3, -0.25) is 14.5 Å². The molecule has 8 heteroatoms. The van der Waals surface area contributed by atoms with Crippen molar-refractivity contribution in [2.24, 2.45) is 4.99 Å². The van der Waals surface area contributed by atoms with Crippen LogP contribution in [0.25, 0.3) is 0 Å². The molecule has 1 heterocycles.